The Morgan fingerprint density at radius 1 is 1.38 bits per heavy atom. The molecule has 0 unspecified atom stereocenters. The summed E-state index contributed by atoms with van der Waals surface area (Å²) in [7, 11) is 0. The summed E-state index contributed by atoms with van der Waals surface area (Å²) in [5.41, 5.74) is 1.79. The molecule has 3 nitrogen and oxygen atoms in total. The molecule has 2 rings (SSSR count). The number of benzene rings is 1. The van der Waals surface area contributed by atoms with Gasteiger partial charge < -0.3 is 5.32 Å². The average molecular weight is 297 g/mol. The predicted octanol–water partition coefficient (Wildman–Crippen LogP) is 3.53. The van der Waals surface area contributed by atoms with Crippen molar-refractivity contribution >= 4 is 38.2 Å². The molecule has 1 heterocycles. The van der Waals surface area contributed by atoms with Gasteiger partial charge in [-0.25, -0.2) is 4.98 Å². The topological polar surface area (TPSA) is 42.0 Å². The quantitative estimate of drug-likeness (QED) is 0.921. The van der Waals surface area contributed by atoms with Gasteiger partial charge in [-0.1, -0.05) is 41.7 Å². The molecule has 0 saturated carbocycles. The number of thiazole rings is 1. The van der Waals surface area contributed by atoms with Gasteiger partial charge >= 0.3 is 0 Å². The Balaban J connectivity index is 2.44. The maximum Gasteiger partial charge on any atom is 0.221 e. The average Bonchev–Trinajstić information content (AvgIpc) is 2.60. The fraction of sp³-hybridized carbons (Fsp3) is 0.0909. The maximum atomic E-state index is 11.1. The van der Waals surface area contributed by atoms with Crippen molar-refractivity contribution < 1.29 is 4.79 Å². The first-order chi connectivity index (χ1) is 7.66. The zero-order chi connectivity index (χ0) is 11.5. The number of nitrogens with one attached hydrogen (secondary N) is 1. The lowest BCUT2D eigenvalue weighted by molar-refractivity contribution is -0.114. The summed E-state index contributed by atoms with van der Waals surface area (Å²) >= 11 is 4.74. The van der Waals surface area contributed by atoms with Gasteiger partial charge in [0.05, 0.1) is 0 Å². The molecule has 1 N–H and O–H groups in total. The van der Waals surface area contributed by atoms with E-state index < -0.39 is 0 Å². The van der Waals surface area contributed by atoms with Crippen molar-refractivity contribution in [2.45, 2.75) is 6.92 Å². The Labute approximate surface area is 106 Å². The van der Waals surface area contributed by atoms with Crippen molar-refractivity contribution in [3.8, 4) is 11.3 Å². The minimum atomic E-state index is -0.0895. The summed E-state index contributed by atoms with van der Waals surface area (Å²) in [6.07, 6.45) is 0. The minimum absolute atomic E-state index is 0.0895. The summed E-state index contributed by atoms with van der Waals surface area (Å²) < 4.78 is 0.759. The third kappa shape index (κ3) is 2.48. The molecule has 2 aromatic rings. The summed E-state index contributed by atoms with van der Waals surface area (Å²) in [6.45, 7) is 1.49. The van der Waals surface area contributed by atoms with Crippen LogP contribution in [0, 0.1) is 0 Å². The van der Waals surface area contributed by atoms with E-state index in [-0.39, 0.29) is 5.91 Å². The van der Waals surface area contributed by atoms with Crippen LogP contribution in [0.1, 0.15) is 6.92 Å². The van der Waals surface area contributed by atoms with E-state index in [1.807, 2.05) is 30.3 Å². The van der Waals surface area contributed by atoms with Crippen molar-refractivity contribution in [3.05, 3.63) is 34.2 Å². The SMILES string of the molecule is CC(=O)Nc1sc(Br)nc1-c1ccccc1. The van der Waals surface area contributed by atoms with Crippen LogP contribution >= 0.6 is 27.3 Å². The van der Waals surface area contributed by atoms with Crippen molar-refractivity contribution in [2.24, 2.45) is 0 Å². The van der Waals surface area contributed by atoms with Gasteiger partial charge in [-0.2, -0.15) is 0 Å². The predicted molar refractivity (Wildman–Crippen MR) is 69.6 cm³/mol. The van der Waals surface area contributed by atoms with Crippen LogP contribution in [0.3, 0.4) is 0 Å². The van der Waals surface area contributed by atoms with E-state index in [1.54, 1.807) is 0 Å². The summed E-state index contributed by atoms with van der Waals surface area (Å²) in [6, 6.07) is 9.77. The lowest BCUT2D eigenvalue weighted by atomic mass is 10.2. The highest BCUT2D eigenvalue weighted by atomic mass is 79.9. The van der Waals surface area contributed by atoms with Gasteiger partial charge in [-0.05, 0) is 15.9 Å². The molecule has 16 heavy (non-hydrogen) atoms. The fourth-order valence-electron chi connectivity index (χ4n) is 1.33. The lowest BCUT2D eigenvalue weighted by Gasteiger charge is -2.01. The third-order valence-electron chi connectivity index (χ3n) is 1.94. The number of hydrogen-bond donors (Lipinski definition) is 1. The zero-order valence-corrected chi connectivity index (χ0v) is 10.9. The number of anilines is 1. The third-order valence-corrected chi connectivity index (χ3v) is 3.36. The van der Waals surface area contributed by atoms with E-state index >= 15 is 0 Å². The molecule has 0 aliphatic carbocycles. The first kappa shape index (κ1) is 11.3. The van der Waals surface area contributed by atoms with Crippen molar-refractivity contribution in [3.63, 3.8) is 0 Å². The van der Waals surface area contributed by atoms with Crippen LogP contribution in [0.25, 0.3) is 11.3 Å². The normalized spacial score (nSPS) is 10.1. The van der Waals surface area contributed by atoms with E-state index in [9.17, 15) is 4.79 Å². The minimum Gasteiger partial charge on any atom is -0.316 e. The molecular formula is C11H9BrN2OS. The molecule has 0 saturated heterocycles. The van der Waals surface area contributed by atoms with Crippen LogP contribution in [0.5, 0.6) is 0 Å². The van der Waals surface area contributed by atoms with Crippen LogP contribution in [0.15, 0.2) is 34.2 Å². The molecule has 0 fully saturated rings. The monoisotopic (exact) mass is 296 g/mol. The molecular weight excluding hydrogens is 288 g/mol. The first-order valence-electron chi connectivity index (χ1n) is 4.66. The summed E-state index contributed by atoms with van der Waals surface area (Å²) in [5, 5.41) is 3.55. The summed E-state index contributed by atoms with van der Waals surface area (Å²) in [4.78, 5) is 15.4. The van der Waals surface area contributed by atoms with Gasteiger partial charge in [0.25, 0.3) is 0 Å². The highest BCUT2D eigenvalue weighted by molar-refractivity contribution is 9.11. The van der Waals surface area contributed by atoms with Crippen LogP contribution in [0.4, 0.5) is 5.00 Å². The van der Waals surface area contributed by atoms with Gasteiger partial charge in [0, 0.05) is 12.5 Å². The molecule has 0 aliphatic heterocycles. The van der Waals surface area contributed by atoms with Crippen LogP contribution in [0.2, 0.25) is 0 Å². The number of carbonyl (C=O) groups is 1. The molecule has 0 radical (unpaired) electrons. The van der Waals surface area contributed by atoms with Crippen molar-refractivity contribution in [1.82, 2.24) is 4.98 Å². The highest BCUT2D eigenvalue weighted by Crippen LogP contribution is 2.35. The Bertz CT molecular complexity index is 510. The van der Waals surface area contributed by atoms with E-state index in [0.29, 0.717) is 0 Å². The number of aromatic nitrogens is 1. The van der Waals surface area contributed by atoms with E-state index in [2.05, 4.69) is 26.2 Å². The van der Waals surface area contributed by atoms with Gasteiger partial charge in [0.1, 0.15) is 10.7 Å². The zero-order valence-electron chi connectivity index (χ0n) is 8.53. The Kier molecular flexibility index (Phi) is 3.36. The van der Waals surface area contributed by atoms with Gasteiger partial charge in [0.15, 0.2) is 3.92 Å². The van der Waals surface area contributed by atoms with E-state index in [1.165, 1.54) is 18.3 Å². The number of nitrogens with zero attached hydrogens (tertiary/aromatic N) is 1. The number of rotatable bonds is 2. The van der Waals surface area contributed by atoms with Crippen LogP contribution in [-0.2, 0) is 4.79 Å². The second-order valence-corrected chi connectivity index (χ2v) is 5.47. The maximum absolute atomic E-state index is 11.1. The van der Waals surface area contributed by atoms with Gasteiger partial charge in [-0.15, -0.1) is 0 Å². The Morgan fingerprint density at radius 2 is 2.06 bits per heavy atom. The molecule has 1 aromatic heterocycles. The molecule has 5 heteroatoms. The second-order valence-electron chi connectivity index (χ2n) is 3.19. The van der Waals surface area contributed by atoms with Gasteiger partial charge in [-0.3, -0.25) is 4.79 Å². The number of halogens is 1. The molecule has 0 bridgehead atoms. The molecule has 82 valence electrons. The standard InChI is InChI=1S/C11H9BrN2OS/c1-7(15)13-10-9(14-11(12)16-10)8-5-3-2-4-6-8/h2-6H,1H3,(H,13,15). The Morgan fingerprint density at radius 3 is 2.69 bits per heavy atom. The smallest absolute Gasteiger partial charge is 0.221 e. The first-order valence-corrected chi connectivity index (χ1v) is 6.27. The van der Waals surface area contributed by atoms with Crippen LogP contribution in [-0.4, -0.2) is 10.9 Å². The second kappa shape index (κ2) is 4.76. The molecule has 1 aromatic carbocycles. The van der Waals surface area contributed by atoms with Crippen molar-refractivity contribution in [2.75, 3.05) is 5.32 Å². The molecule has 0 aliphatic rings. The summed E-state index contributed by atoms with van der Waals surface area (Å²) in [5.74, 6) is -0.0895. The number of amides is 1. The highest BCUT2D eigenvalue weighted by Gasteiger charge is 2.12. The lowest BCUT2D eigenvalue weighted by Crippen LogP contribution is -2.05. The molecule has 1 amide bonds. The fourth-order valence-corrected chi connectivity index (χ4v) is 2.75. The van der Waals surface area contributed by atoms with E-state index in [0.717, 1.165) is 20.2 Å². The number of hydrogen-bond acceptors (Lipinski definition) is 3. The van der Waals surface area contributed by atoms with E-state index in [4.69, 9.17) is 0 Å². The van der Waals surface area contributed by atoms with Crippen LogP contribution < -0.4 is 5.32 Å². The van der Waals surface area contributed by atoms with Gasteiger partial charge in [0.2, 0.25) is 5.91 Å². The number of carbonyl (C=O) groups excluding carboxylic acids is 1. The largest absolute Gasteiger partial charge is 0.316 e. The molecule has 0 atom stereocenters. The Hall–Kier alpha value is -1.20. The molecule has 0 spiro atoms. The van der Waals surface area contributed by atoms with Crippen molar-refractivity contribution in [1.29, 1.82) is 0 Å².